The molecule has 1 aromatic carbocycles. The zero-order valence-corrected chi connectivity index (χ0v) is 15.3. The number of unbranched alkanes of at least 4 members (excludes halogenated alkanes) is 1. The van der Waals surface area contributed by atoms with Crippen molar-refractivity contribution in [1.29, 1.82) is 0 Å². The summed E-state index contributed by atoms with van der Waals surface area (Å²) in [5.74, 6) is -1.60. The largest absolute Gasteiger partial charge is 0.478 e. The van der Waals surface area contributed by atoms with Crippen molar-refractivity contribution in [2.75, 3.05) is 6.61 Å². The van der Waals surface area contributed by atoms with Gasteiger partial charge in [0.2, 0.25) is 0 Å². The van der Waals surface area contributed by atoms with Crippen LogP contribution in [0, 0.1) is 5.92 Å². The summed E-state index contributed by atoms with van der Waals surface area (Å²) in [6.07, 6.45) is 2.10. The van der Waals surface area contributed by atoms with E-state index in [1.54, 1.807) is 0 Å². The second-order valence-corrected chi connectivity index (χ2v) is 6.70. The molecular formula is C16H20BrClO4. The Balaban J connectivity index is 3.34. The quantitative estimate of drug-likeness (QED) is 0.527. The highest BCUT2D eigenvalue weighted by atomic mass is 79.9. The number of carbonyl (C=O) groups is 2. The van der Waals surface area contributed by atoms with Crippen LogP contribution in [-0.2, 0) is 11.2 Å². The highest BCUT2D eigenvalue weighted by Gasteiger charge is 2.26. The molecule has 1 rings (SSSR count). The Labute approximate surface area is 143 Å². The molecule has 0 fully saturated rings. The molecule has 0 aliphatic heterocycles. The van der Waals surface area contributed by atoms with E-state index in [-0.39, 0.29) is 23.7 Å². The molecule has 0 aromatic heterocycles. The number of aromatic carboxylic acids is 1. The summed E-state index contributed by atoms with van der Waals surface area (Å²) in [7, 11) is 0. The van der Waals surface area contributed by atoms with E-state index in [1.165, 1.54) is 6.07 Å². The molecule has 0 spiro atoms. The van der Waals surface area contributed by atoms with Gasteiger partial charge < -0.3 is 9.84 Å². The minimum absolute atomic E-state index is 0.0375. The molecule has 0 saturated carbocycles. The maximum Gasteiger partial charge on any atom is 0.339 e. The standard InChI is InChI=1S/C16H20BrClO4/c1-4-5-6-22-16(21)11-8-12(17)14(18)10(7-9(2)3)13(11)15(19)20/h8-9H,4-7H2,1-3H3,(H,19,20). The van der Waals surface area contributed by atoms with Crippen molar-refractivity contribution in [3.8, 4) is 0 Å². The normalized spacial score (nSPS) is 10.8. The van der Waals surface area contributed by atoms with Crippen molar-refractivity contribution in [3.63, 3.8) is 0 Å². The predicted molar refractivity (Wildman–Crippen MR) is 89.8 cm³/mol. The lowest BCUT2D eigenvalue weighted by molar-refractivity contribution is 0.0489. The number of hydrogen-bond donors (Lipinski definition) is 1. The molecule has 0 aliphatic carbocycles. The van der Waals surface area contributed by atoms with Crippen LogP contribution in [0.1, 0.15) is 59.9 Å². The molecule has 6 heteroatoms. The molecule has 1 aromatic rings. The highest BCUT2D eigenvalue weighted by Crippen LogP contribution is 2.34. The van der Waals surface area contributed by atoms with Gasteiger partial charge in [0.1, 0.15) is 0 Å². The van der Waals surface area contributed by atoms with Gasteiger partial charge in [-0.2, -0.15) is 0 Å². The van der Waals surface area contributed by atoms with Gasteiger partial charge in [-0.1, -0.05) is 38.8 Å². The van der Waals surface area contributed by atoms with Gasteiger partial charge in [0, 0.05) is 4.47 Å². The summed E-state index contributed by atoms with van der Waals surface area (Å²) in [4.78, 5) is 23.8. The molecular weight excluding hydrogens is 372 g/mol. The summed E-state index contributed by atoms with van der Waals surface area (Å²) in [5.41, 5.74) is 0.430. The summed E-state index contributed by atoms with van der Waals surface area (Å²) in [6, 6.07) is 1.42. The third-order valence-corrected chi connectivity index (χ3v) is 4.38. The molecule has 1 N–H and O–H groups in total. The lowest BCUT2D eigenvalue weighted by atomic mass is 9.94. The molecule has 0 aliphatic rings. The van der Waals surface area contributed by atoms with E-state index in [0.29, 0.717) is 21.5 Å². The number of hydrogen-bond acceptors (Lipinski definition) is 3. The van der Waals surface area contributed by atoms with Gasteiger partial charge >= 0.3 is 11.9 Å². The van der Waals surface area contributed by atoms with Gasteiger partial charge in [-0.05, 0) is 46.3 Å². The van der Waals surface area contributed by atoms with E-state index < -0.39 is 11.9 Å². The first-order valence-electron chi connectivity index (χ1n) is 7.20. The van der Waals surface area contributed by atoms with Crippen LogP contribution < -0.4 is 0 Å². The minimum atomic E-state index is -1.17. The van der Waals surface area contributed by atoms with Crippen molar-refractivity contribution < 1.29 is 19.4 Å². The Bertz CT molecular complexity index is 570. The van der Waals surface area contributed by atoms with Crippen LogP contribution in [0.25, 0.3) is 0 Å². The fourth-order valence-corrected chi connectivity index (χ4v) is 2.77. The molecule has 0 radical (unpaired) electrons. The number of rotatable bonds is 7. The first-order chi connectivity index (χ1) is 10.3. The summed E-state index contributed by atoms with van der Waals surface area (Å²) >= 11 is 9.52. The first-order valence-corrected chi connectivity index (χ1v) is 8.37. The van der Waals surface area contributed by atoms with Gasteiger partial charge in [0.05, 0.1) is 22.8 Å². The Morgan fingerprint density at radius 1 is 1.41 bits per heavy atom. The lowest BCUT2D eigenvalue weighted by Crippen LogP contribution is -2.16. The molecule has 0 saturated heterocycles. The molecule has 0 atom stereocenters. The predicted octanol–water partition coefficient (Wildman–Crippen LogP) is 4.96. The molecule has 0 amide bonds. The fourth-order valence-electron chi connectivity index (χ4n) is 2.07. The first kappa shape index (κ1) is 19.0. The Kier molecular flexibility index (Phi) is 7.36. The van der Waals surface area contributed by atoms with E-state index in [0.717, 1.165) is 12.8 Å². The van der Waals surface area contributed by atoms with Crippen molar-refractivity contribution in [2.45, 2.75) is 40.0 Å². The third kappa shape index (κ3) is 4.71. The van der Waals surface area contributed by atoms with Crippen molar-refractivity contribution >= 4 is 39.5 Å². The number of benzene rings is 1. The minimum Gasteiger partial charge on any atom is -0.478 e. The summed E-state index contributed by atoms with van der Waals surface area (Å²) in [6.45, 7) is 6.18. The third-order valence-electron chi connectivity index (χ3n) is 3.09. The molecule has 4 nitrogen and oxygen atoms in total. The zero-order valence-electron chi connectivity index (χ0n) is 12.9. The molecule has 0 bridgehead atoms. The van der Waals surface area contributed by atoms with E-state index in [4.69, 9.17) is 16.3 Å². The van der Waals surface area contributed by atoms with E-state index >= 15 is 0 Å². The number of carbonyl (C=O) groups excluding carboxylic acids is 1. The van der Waals surface area contributed by atoms with Crippen molar-refractivity contribution in [2.24, 2.45) is 5.92 Å². The summed E-state index contributed by atoms with van der Waals surface area (Å²) in [5, 5.41) is 9.84. The number of carboxylic acids is 1. The van der Waals surface area contributed by atoms with Crippen LogP contribution in [0.5, 0.6) is 0 Å². The summed E-state index contributed by atoms with van der Waals surface area (Å²) < 4.78 is 5.65. The maximum atomic E-state index is 12.2. The SMILES string of the molecule is CCCCOC(=O)c1cc(Br)c(Cl)c(CC(C)C)c1C(=O)O. The van der Waals surface area contributed by atoms with E-state index in [1.807, 2.05) is 20.8 Å². The van der Waals surface area contributed by atoms with Gasteiger partial charge in [0.25, 0.3) is 0 Å². The topological polar surface area (TPSA) is 63.6 Å². The monoisotopic (exact) mass is 390 g/mol. The van der Waals surface area contributed by atoms with Crippen LogP contribution >= 0.6 is 27.5 Å². The van der Waals surface area contributed by atoms with Gasteiger partial charge in [-0.3, -0.25) is 0 Å². The van der Waals surface area contributed by atoms with Crippen LogP contribution in [0.3, 0.4) is 0 Å². The maximum absolute atomic E-state index is 12.2. The average molecular weight is 392 g/mol. The van der Waals surface area contributed by atoms with Gasteiger partial charge in [-0.25, -0.2) is 9.59 Å². The van der Waals surface area contributed by atoms with Crippen LogP contribution in [0.4, 0.5) is 0 Å². The van der Waals surface area contributed by atoms with Gasteiger partial charge in [-0.15, -0.1) is 0 Å². The van der Waals surface area contributed by atoms with Crippen molar-refractivity contribution in [3.05, 3.63) is 32.3 Å². The van der Waals surface area contributed by atoms with Gasteiger partial charge in [0.15, 0.2) is 0 Å². The smallest absolute Gasteiger partial charge is 0.339 e. The van der Waals surface area contributed by atoms with Crippen LogP contribution in [0.2, 0.25) is 5.02 Å². The van der Waals surface area contributed by atoms with Crippen LogP contribution in [0.15, 0.2) is 10.5 Å². The Morgan fingerprint density at radius 2 is 2.05 bits per heavy atom. The Hall–Kier alpha value is -1.07. The number of carboxylic acid groups (broad SMARTS) is 1. The molecule has 22 heavy (non-hydrogen) atoms. The lowest BCUT2D eigenvalue weighted by Gasteiger charge is -2.16. The van der Waals surface area contributed by atoms with Crippen LogP contribution in [-0.4, -0.2) is 23.7 Å². The molecule has 0 unspecified atom stereocenters. The second kappa shape index (κ2) is 8.53. The molecule has 122 valence electrons. The number of esters is 1. The average Bonchev–Trinajstić information content (AvgIpc) is 2.42. The van der Waals surface area contributed by atoms with E-state index in [9.17, 15) is 14.7 Å². The molecule has 0 heterocycles. The zero-order chi connectivity index (χ0) is 16.9. The van der Waals surface area contributed by atoms with E-state index in [2.05, 4.69) is 15.9 Å². The highest BCUT2D eigenvalue weighted by molar-refractivity contribution is 9.10. The Morgan fingerprint density at radius 3 is 2.55 bits per heavy atom. The van der Waals surface area contributed by atoms with Crippen molar-refractivity contribution in [1.82, 2.24) is 0 Å². The second-order valence-electron chi connectivity index (χ2n) is 5.47. The number of halogens is 2. The fraction of sp³-hybridized carbons (Fsp3) is 0.500. The number of ether oxygens (including phenoxy) is 1.